The summed E-state index contributed by atoms with van der Waals surface area (Å²) >= 11 is 0. The van der Waals surface area contributed by atoms with Gasteiger partial charge in [0.2, 0.25) is 10.0 Å². The molecule has 27 heavy (non-hydrogen) atoms. The molecule has 2 aliphatic rings. The average molecular weight is 395 g/mol. The van der Waals surface area contributed by atoms with Gasteiger partial charge in [0, 0.05) is 12.6 Å². The third kappa shape index (κ3) is 4.82. The molecule has 3 rings (SSSR count). The van der Waals surface area contributed by atoms with Crippen LogP contribution in [0.25, 0.3) is 0 Å². The van der Waals surface area contributed by atoms with E-state index in [9.17, 15) is 13.2 Å². The molecule has 0 bridgehead atoms. The van der Waals surface area contributed by atoms with E-state index >= 15 is 0 Å². The van der Waals surface area contributed by atoms with Crippen molar-refractivity contribution in [3.05, 3.63) is 30.3 Å². The van der Waals surface area contributed by atoms with Gasteiger partial charge in [-0.25, -0.2) is 13.2 Å². The van der Waals surface area contributed by atoms with Crippen molar-refractivity contribution < 1.29 is 17.9 Å². The maximum absolute atomic E-state index is 12.9. The van der Waals surface area contributed by atoms with Gasteiger partial charge in [-0.1, -0.05) is 57.2 Å². The Labute approximate surface area is 162 Å². The van der Waals surface area contributed by atoms with Crippen molar-refractivity contribution in [3.63, 3.8) is 0 Å². The molecule has 0 radical (unpaired) electrons. The van der Waals surface area contributed by atoms with Crippen LogP contribution >= 0.6 is 0 Å². The lowest BCUT2D eigenvalue weighted by Crippen LogP contribution is -2.40. The third-order valence-electron chi connectivity index (χ3n) is 5.56. The van der Waals surface area contributed by atoms with Crippen molar-refractivity contribution in [1.29, 1.82) is 0 Å². The van der Waals surface area contributed by atoms with Crippen LogP contribution < -0.4 is 0 Å². The zero-order valence-corrected chi connectivity index (χ0v) is 16.9. The van der Waals surface area contributed by atoms with E-state index in [1.165, 1.54) is 23.6 Å². The molecule has 1 saturated heterocycles. The highest BCUT2D eigenvalue weighted by Gasteiger charge is 2.38. The molecule has 6 nitrogen and oxygen atoms in total. The minimum atomic E-state index is -3.59. The number of hydrogen-bond donors (Lipinski definition) is 0. The van der Waals surface area contributed by atoms with Gasteiger partial charge in [0.1, 0.15) is 6.10 Å². The molecule has 1 aromatic carbocycles. The number of sulfonamides is 1. The van der Waals surface area contributed by atoms with Gasteiger partial charge < -0.3 is 9.64 Å². The summed E-state index contributed by atoms with van der Waals surface area (Å²) in [4.78, 5) is 14.5. The second kappa shape index (κ2) is 9.06. The van der Waals surface area contributed by atoms with Gasteiger partial charge in [-0.15, -0.1) is 0 Å². The molecule has 0 N–H and O–H groups in total. The van der Waals surface area contributed by atoms with Gasteiger partial charge in [0.25, 0.3) is 0 Å². The number of ether oxygens (including phenoxy) is 1. The Morgan fingerprint density at radius 3 is 2.33 bits per heavy atom. The van der Waals surface area contributed by atoms with Crippen molar-refractivity contribution >= 4 is 16.1 Å². The summed E-state index contributed by atoms with van der Waals surface area (Å²) in [6.07, 6.45) is 7.33. The Balaban J connectivity index is 1.65. The normalized spacial score (nSPS) is 22.5. The Bertz CT molecular complexity index is 715. The van der Waals surface area contributed by atoms with Crippen LogP contribution in [0.4, 0.5) is 4.79 Å². The fourth-order valence-corrected chi connectivity index (χ4v) is 5.55. The van der Waals surface area contributed by atoms with Crippen LogP contribution in [0.1, 0.15) is 51.9 Å². The maximum Gasteiger partial charge on any atom is 0.410 e. The molecule has 1 amide bonds. The van der Waals surface area contributed by atoms with Gasteiger partial charge in [0.05, 0.1) is 18.0 Å². The lowest BCUT2D eigenvalue weighted by molar-refractivity contribution is 0.118. The number of likely N-dealkylation sites (N-methyl/N-ethyl adjacent to an activating group) is 1. The van der Waals surface area contributed by atoms with Crippen molar-refractivity contribution in [2.45, 2.75) is 68.9 Å². The van der Waals surface area contributed by atoms with Gasteiger partial charge in [-0.3, -0.25) is 0 Å². The molecular formula is C20H30N2O4S. The molecule has 1 atom stereocenters. The number of nitrogens with zero attached hydrogens (tertiary/aromatic N) is 2. The van der Waals surface area contributed by atoms with Crippen LogP contribution in [-0.2, 0) is 14.8 Å². The van der Waals surface area contributed by atoms with Crippen molar-refractivity contribution in [2.75, 3.05) is 19.6 Å². The van der Waals surface area contributed by atoms with Crippen molar-refractivity contribution in [3.8, 4) is 0 Å². The van der Waals surface area contributed by atoms with Gasteiger partial charge in [0.15, 0.2) is 0 Å². The first-order valence-electron chi connectivity index (χ1n) is 10.0. The lowest BCUT2D eigenvalue weighted by Gasteiger charge is -2.27. The van der Waals surface area contributed by atoms with E-state index in [0.717, 1.165) is 25.7 Å². The number of cyclic esters (lactones) is 1. The van der Waals surface area contributed by atoms with E-state index in [0.29, 0.717) is 13.1 Å². The van der Waals surface area contributed by atoms with Crippen molar-refractivity contribution in [1.82, 2.24) is 9.21 Å². The molecule has 1 aliphatic carbocycles. The highest BCUT2D eigenvalue weighted by Crippen LogP contribution is 2.26. The zero-order chi connectivity index (χ0) is 19.3. The second-order valence-corrected chi connectivity index (χ2v) is 9.36. The lowest BCUT2D eigenvalue weighted by atomic mass is 9.96. The first-order valence-corrected chi connectivity index (χ1v) is 11.5. The van der Waals surface area contributed by atoms with Gasteiger partial charge in [-0.2, -0.15) is 4.31 Å². The van der Waals surface area contributed by atoms with Crippen LogP contribution in [0.3, 0.4) is 0 Å². The number of carbonyl (C=O) groups is 1. The summed E-state index contributed by atoms with van der Waals surface area (Å²) in [6.45, 7) is 2.82. The SMILES string of the molecule is CCN(C[C@@H]1CN(C2CCCCCCC2)C(=O)O1)S(=O)(=O)c1ccccc1. The molecule has 7 heteroatoms. The number of carbonyl (C=O) groups excluding carboxylic acids is 1. The van der Waals surface area contributed by atoms with Crippen LogP contribution in [0.2, 0.25) is 0 Å². The molecule has 0 aromatic heterocycles. The van der Waals surface area contributed by atoms with E-state index in [2.05, 4.69) is 0 Å². The van der Waals surface area contributed by atoms with E-state index in [1.807, 2.05) is 11.8 Å². The van der Waals surface area contributed by atoms with Gasteiger partial charge >= 0.3 is 6.09 Å². The summed E-state index contributed by atoms with van der Waals surface area (Å²) < 4.78 is 32.7. The fourth-order valence-electron chi connectivity index (χ4n) is 4.05. The Hall–Kier alpha value is -1.60. The largest absolute Gasteiger partial charge is 0.443 e. The third-order valence-corrected chi connectivity index (χ3v) is 7.51. The molecule has 1 heterocycles. The van der Waals surface area contributed by atoms with E-state index in [4.69, 9.17) is 4.74 Å². The minimum Gasteiger partial charge on any atom is -0.443 e. The van der Waals surface area contributed by atoms with Crippen LogP contribution in [0.15, 0.2) is 35.2 Å². The standard InChI is InChI=1S/C20H30N2O4S/c1-2-21(27(24,25)19-13-9-6-10-14-19)15-18-16-22(20(23)26-18)17-11-7-4-3-5-8-12-17/h6,9-10,13-14,17-18H,2-5,7-8,11-12,15-16H2,1H3/t18-/m1/s1. The highest BCUT2D eigenvalue weighted by atomic mass is 32.2. The minimum absolute atomic E-state index is 0.197. The predicted octanol–water partition coefficient (Wildman–Crippen LogP) is 3.63. The highest BCUT2D eigenvalue weighted by molar-refractivity contribution is 7.89. The molecule has 1 aliphatic heterocycles. The van der Waals surface area contributed by atoms with Crippen LogP contribution in [0.5, 0.6) is 0 Å². The predicted molar refractivity (Wildman–Crippen MR) is 104 cm³/mol. The maximum atomic E-state index is 12.9. The van der Waals surface area contributed by atoms with E-state index < -0.39 is 16.1 Å². The van der Waals surface area contributed by atoms with Gasteiger partial charge in [-0.05, 0) is 25.0 Å². The molecular weight excluding hydrogens is 364 g/mol. The topological polar surface area (TPSA) is 66.9 Å². The summed E-state index contributed by atoms with van der Waals surface area (Å²) in [7, 11) is -3.59. The second-order valence-electron chi connectivity index (χ2n) is 7.43. The number of benzene rings is 1. The molecule has 0 unspecified atom stereocenters. The number of hydrogen-bond acceptors (Lipinski definition) is 4. The molecule has 150 valence electrons. The molecule has 1 saturated carbocycles. The zero-order valence-electron chi connectivity index (χ0n) is 16.0. The summed E-state index contributed by atoms with van der Waals surface area (Å²) in [5.74, 6) is 0. The Kier molecular flexibility index (Phi) is 6.76. The van der Waals surface area contributed by atoms with Crippen molar-refractivity contribution in [2.24, 2.45) is 0 Å². The Morgan fingerprint density at radius 1 is 1.07 bits per heavy atom. The van der Waals surface area contributed by atoms with E-state index in [1.54, 1.807) is 30.3 Å². The smallest absolute Gasteiger partial charge is 0.410 e. The quantitative estimate of drug-likeness (QED) is 0.739. The molecule has 2 fully saturated rings. The molecule has 0 spiro atoms. The number of amides is 1. The first kappa shape index (κ1) is 20.1. The summed E-state index contributed by atoms with van der Waals surface area (Å²) in [6, 6.07) is 8.64. The van der Waals surface area contributed by atoms with Crippen LogP contribution in [-0.4, -0.2) is 55.5 Å². The fraction of sp³-hybridized carbons (Fsp3) is 0.650. The first-order chi connectivity index (χ1) is 13.0. The monoisotopic (exact) mass is 394 g/mol. The molecule has 1 aromatic rings. The number of rotatable bonds is 6. The van der Waals surface area contributed by atoms with E-state index in [-0.39, 0.29) is 23.6 Å². The average Bonchev–Trinajstić information content (AvgIpc) is 3.00. The van der Waals surface area contributed by atoms with Crippen LogP contribution in [0, 0.1) is 0 Å². The summed E-state index contributed by atoms with van der Waals surface area (Å²) in [5.41, 5.74) is 0. The Morgan fingerprint density at radius 2 is 1.70 bits per heavy atom. The summed E-state index contributed by atoms with van der Waals surface area (Å²) in [5, 5.41) is 0.